The van der Waals surface area contributed by atoms with E-state index in [0.717, 1.165) is 31.5 Å². The van der Waals surface area contributed by atoms with E-state index in [2.05, 4.69) is 24.0 Å². The van der Waals surface area contributed by atoms with Crippen molar-refractivity contribution >= 4 is 11.9 Å². The molecule has 6 nitrogen and oxygen atoms in total. The van der Waals surface area contributed by atoms with E-state index in [-0.39, 0.29) is 18.2 Å². The Hall–Kier alpha value is -1.85. The van der Waals surface area contributed by atoms with Gasteiger partial charge >= 0.3 is 5.97 Å². The number of likely N-dealkylation sites (tertiary alicyclic amines) is 1. The molecule has 0 bridgehead atoms. The number of nitrogens with zero attached hydrogens (tertiary/aromatic N) is 2. The van der Waals surface area contributed by atoms with Gasteiger partial charge in [0, 0.05) is 25.2 Å². The maximum Gasteiger partial charge on any atom is 0.303 e. The van der Waals surface area contributed by atoms with Crippen molar-refractivity contribution < 1.29 is 14.7 Å². The number of aromatic amines is 1. The van der Waals surface area contributed by atoms with Crippen LogP contribution in [0.2, 0.25) is 0 Å². The van der Waals surface area contributed by atoms with Gasteiger partial charge in [0.15, 0.2) is 0 Å². The quantitative estimate of drug-likeness (QED) is 0.844. The lowest BCUT2D eigenvalue weighted by molar-refractivity contribution is -0.137. The van der Waals surface area contributed by atoms with Crippen molar-refractivity contribution in [2.45, 2.75) is 46.0 Å². The van der Waals surface area contributed by atoms with Gasteiger partial charge in [0.25, 0.3) is 5.91 Å². The summed E-state index contributed by atoms with van der Waals surface area (Å²) in [6.07, 6.45) is 3.61. The van der Waals surface area contributed by atoms with Gasteiger partial charge in [-0.25, -0.2) is 0 Å². The van der Waals surface area contributed by atoms with Gasteiger partial charge in [-0.1, -0.05) is 13.8 Å². The third kappa shape index (κ3) is 4.58. The number of aliphatic carboxylic acids is 1. The Labute approximate surface area is 130 Å². The summed E-state index contributed by atoms with van der Waals surface area (Å²) in [4.78, 5) is 25.0. The van der Waals surface area contributed by atoms with E-state index < -0.39 is 5.97 Å². The standard InChI is InChI=1S/C16H25N3O3/c1-11(2)8-13-9-14(18-17-13)16(22)19-7-3-4-12(10-19)5-6-15(20)21/h9,11-12H,3-8,10H2,1-2H3,(H,17,18)(H,20,21)/t12-/m0/s1. The number of piperidine rings is 1. The predicted molar refractivity (Wildman–Crippen MR) is 82.6 cm³/mol. The SMILES string of the molecule is CC(C)Cc1cc(C(=O)N2CCC[C@@H](CCC(=O)O)C2)n[nH]1. The molecular weight excluding hydrogens is 282 g/mol. The van der Waals surface area contributed by atoms with E-state index in [1.807, 2.05) is 11.0 Å². The Balaban J connectivity index is 1.93. The average molecular weight is 307 g/mol. The Kier molecular flexibility index (Phi) is 5.57. The van der Waals surface area contributed by atoms with Crippen molar-refractivity contribution in [3.8, 4) is 0 Å². The molecule has 6 heteroatoms. The molecule has 0 spiro atoms. The van der Waals surface area contributed by atoms with Gasteiger partial charge in [-0.3, -0.25) is 14.7 Å². The zero-order valence-electron chi connectivity index (χ0n) is 13.3. The Morgan fingerprint density at radius 1 is 1.50 bits per heavy atom. The molecule has 1 aromatic rings. The zero-order chi connectivity index (χ0) is 16.1. The van der Waals surface area contributed by atoms with Gasteiger partial charge < -0.3 is 10.0 Å². The molecule has 2 rings (SSSR count). The Bertz CT molecular complexity index is 524. The predicted octanol–water partition coefficient (Wildman–Crippen LogP) is 2.33. The average Bonchev–Trinajstić information content (AvgIpc) is 2.92. The number of hydrogen-bond donors (Lipinski definition) is 2. The first-order valence-corrected chi connectivity index (χ1v) is 8.01. The first kappa shape index (κ1) is 16.5. The molecule has 0 saturated carbocycles. The lowest BCUT2D eigenvalue weighted by Gasteiger charge is -2.32. The second-order valence-corrected chi connectivity index (χ2v) is 6.57. The van der Waals surface area contributed by atoms with E-state index in [4.69, 9.17) is 5.11 Å². The van der Waals surface area contributed by atoms with Gasteiger partial charge in [0.1, 0.15) is 5.69 Å². The second kappa shape index (κ2) is 7.42. The number of H-pyrrole nitrogens is 1. The van der Waals surface area contributed by atoms with Crippen molar-refractivity contribution in [1.29, 1.82) is 0 Å². The smallest absolute Gasteiger partial charge is 0.303 e. The first-order valence-electron chi connectivity index (χ1n) is 8.01. The van der Waals surface area contributed by atoms with Crippen LogP contribution < -0.4 is 0 Å². The molecule has 1 aliphatic heterocycles. The number of aromatic nitrogens is 2. The minimum atomic E-state index is -0.769. The highest BCUT2D eigenvalue weighted by atomic mass is 16.4. The highest BCUT2D eigenvalue weighted by Gasteiger charge is 2.26. The number of rotatable bonds is 6. The van der Waals surface area contributed by atoms with Gasteiger partial charge in [-0.2, -0.15) is 5.10 Å². The van der Waals surface area contributed by atoms with Crippen LogP contribution in [0.1, 0.15) is 55.7 Å². The summed E-state index contributed by atoms with van der Waals surface area (Å²) >= 11 is 0. The fourth-order valence-corrected chi connectivity index (χ4v) is 2.99. The van der Waals surface area contributed by atoms with E-state index in [0.29, 0.717) is 24.6 Å². The number of carboxylic acid groups (broad SMARTS) is 1. The number of carboxylic acids is 1. The van der Waals surface area contributed by atoms with E-state index in [1.54, 1.807) is 0 Å². The van der Waals surface area contributed by atoms with Crippen LogP contribution in [-0.4, -0.2) is 45.2 Å². The van der Waals surface area contributed by atoms with Crippen LogP contribution in [0.25, 0.3) is 0 Å². The topological polar surface area (TPSA) is 86.3 Å². The van der Waals surface area contributed by atoms with Crippen LogP contribution in [0.5, 0.6) is 0 Å². The van der Waals surface area contributed by atoms with Gasteiger partial charge in [0.05, 0.1) is 0 Å². The molecular formula is C16H25N3O3. The van der Waals surface area contributed by atoms with Crippen molar-refractivity contribution in [2.75, 3.05) is 13.1 Å². The van der Waals surface area contributed by atoms with Crippen LogP contribution in [0, 0.1) is 11.8 Å². The first-order chi connectivity index (χ1) is 10.5. The highest BCUT2D eigenvalue weighted by Crippen LogP contribution is 2.22. The molecule has 1 amide bonds. The van der Waals surface area contributed by atoms with Crippen molar-refractivity contribution in [3.63, 3.8) is 0 Å². The van der Waals surface area contributed by atoms with Crippen molar-refractivity contribution in [1.82, 2.24) is 15.1 Å². The summed E-state index contributed by atoms with van der Waals surface area (Å²) in [7, 11) is 0. The molecule has 0 radical (unpaired) electrons. The Morgan fingerprint density at radius 3 is 2.95 bits per heavy atom. The number of carbonyl (C=O) groups is 2. The van der Waals surface area contributed by atoms with E-state index in [9.17, 15) is 9.59 Å². The molecule has 1 fully saturated rings. The largest absolute Gasteiger partial charge is 0.481 e. The molecule has 1 saturated heterocycles. The fraction of sp³-hybridized carbons (Fsp3) is 0.688. The number of hydrogen-bond acceptors (Lipinski definition) is 3. The zero-order valence-corrected chi connectivity index (χ0v) is 13.3. The lowest BCUT2D eigenvalue weighted by Crippen LogP contribution is -2.40. The molecule has 22 heavy (non-hydrogen) atoms. The number of amides is 1. The Morgan fingerprint density at radius 2 is 2.27 bits per heavy atom. The van der Waals surface area contributed by atoms with Crippen LogP contribution in [0.4, 0.5) is 0 Å². The normalized spacial score (nSPS) is 18.7. The van der Waals surface area contributed by atoms with Crippen molar-refractivity contribution in [3.05, 3.63) is 17.5 Å². The van der Waals surface area contributed by atoms with Crippen LogP contribution in [-0.2, 0) is 11.2 Å². The summed E-state index contributed by atoms with van der Waals surface area (Å²) in [5.41, 5.74) is 1.45. The van der Waals surface area contributed by atoms with Gasteiger partial charge in [0.2, 0.25) is 0 Å². The van der Waals surface area contributed by atoms with Gasteiger partial charge in [-0.05, 0) is 43.6 Å². The summed E-state index contributed by atoms with van der Waals surface area (Å²) in [5, 5.41) is 15.8. The maximum absolute atomic E-state index is 12.5. The molecule has 0 aromatic carbocycles. The van der Waals surface area contributed by atoms with E-state index in [1.165, 1.54) is 0 Å². The van der Waals surface area contributed by atoms with E-state index >= 15 is 0 Å². The molecule has 0 unspecified atom stereocenters. The third-order valence-corrected chi connectivity index (χ3v) is 4.05. The summed E-state index contributed by atoms with van der Waals surface area (Å²) in [6.45, 7) is 5.62. The second-order valence-electron chi connectivity index (χ2n) is 6.57. The molecule has 2 heterocycles. The highest BCUT2D eigenvalue weighted by molar-refractivity contribution is 5.92. The van der Waals surface area contributed by atoms with Crippen LogP contribution >= 0.6 is 0 Å². The minimum Gasteiger partial charge on any atom is -0.481 e. The summed E-state index contributed by atoms with van der Waals surface area (Å²) in [5.74, 6) is -0.0259. The molecule has 122 valence electrons. The van der Waals surface area contributed by atoms with Crippen LogP contribution in [0.3, 0.4) is 0 Å². The fourth-order valence-electron chi connectivity index (χ4n) is 2.99. The third-order valence-electron chi connectivity index (χ3n) is 4.05. The molecule has 0 aliphatic carbocycles. The van der Waals surface area contributed by atoms with Gasteiger partial charge in [-0.15, -0.1) is 0 Å². The van der Waals surface area contributed by atoms with Crippen molar-refractivity contribution in [2.24, 2.45) is 11.8 Å². The molecule has 1 aromatic heterocycles. The van der Waals surface area contributed by atoms with Crippen LogP contribution in [0.15, 0.2) is 6.07 Å². The maximum atomic E-state index is 12.5. The summed E-state index contributed by atoms with van der Waals surface area (Å²) < 4.78 is 0. The monoisotopic (exact) mass is 307 g/mol. The number of carbonyl (C=O) groups excluding carboxylic acids is 1. The lowest BCUT2D eigenvalue weighted by atomic mass is 9.93. The summed E-state index contributed by atoms with van der Waals surface area (Å²) in [6, 6.07) is 1.84. The number of nitrogens with one attached hydrogen (secondary N) is 1. The minimum absolute atomic E-state index is 0.0497. The molecule has 1 atom stereocenters. The molecule has 1 aliphatic rings. The molecule has 2 N–H and O–H groups in total.